The summed E-state index contributed by atoms with van der Waals surface area (Å²) in [5.74, 6) is 0.807. The zero-order valence-electron chi connectivity index (χ0n) is 40.6. The van der Waals surface area contributed by atoms with Crippen molar-refractivity contribution in [1.29, 1.82) is 5.26 Å². The third-order valence-electron chi connectivity index (χ3n) is 13.7. The van der Waals surface area contributed by atoms with Crippen molar-refractivity contribution in [2.75, 3.05) is 7.11 Å². The summed E-state index contributed by atoms with van der Waals surface area (Å²) in [4.78, 5) is 15.1. The van der Waals surface area contributed by atoms with Gasteiger partial charge in [-0.25, -0.2) is 14.8 Å². The fraction of sp³-hybridized carbons (Fsp3) is 0.0323. The molecule has 12 aromatic rings. The number of thiazole rings is 2. The number of methoxy groups -OCH3 is 1. The second kappa shape index (κ2) is 19.6. The lowest BCUT2D eigenvalue weighted by Crippen LogP contribution is -2.54. The van der Waals surface area contributed by atoms with Crippen molar-refractivity contribution in [2.45, 2.75) is 6.92 Å². The molecular weight excluding hydrogens is 962 g/mol. The summed E-state index contributed by atoms with van der Waals surface area (Å²) < 4.78 is 12.0. The molecule has 0 radical (unpaired) electrons. The normalized spacial score (nSPS) is 12.1. The third kappa shape index (κ3) is 8.31. The molecule has 9 nitrogen and oxygen atoms in total. The summed E-state index contributed by atoms with van der Waals surface area (Å²) in [5, 5.41) is 37.8. The van der Waals surface area contributed by atoms with Gasteiger partial charge in [0.15, 0.2) is 0 Å². The molecule has 4 aromatic heterocycles. The highest BCUT2D eigenvalue weighted by Crippen LogP contribution is 2.39. The van der Waals surface area contributed by atoms with Gasteiger partial charge in [0.05, 0.1) is 39.5 Å². The molecule has 75 heavy (non-hydrogen) atoms. The van der Waals surface area contributed by atoms with Gasteiger partial charge in [0.25, 0.3) is 0 Å². The molecule has 0 fully saturated rings. The van der Waals surface area contributed by atoms with Gasteiger partial charge >= 0.3 is 13.7 Å². The Morgan fingerprint density at radius 3 is 1.45 bits per heavy atom. The van der Waals surface area contributed by atoms with E-state index >= 15 is 0 Å². The molecule has 2 N–H and O–H groups in total. The molecule has 0 bridgehead atoms. The molecule has 12 rings (SSSR count). The van der Waals surface area contributed by atoms with Gasteiger partial charge in [-0.05, 0) is 96.4 Å². The van der Waals surface area contributed by atoms with Crippen molar-refractivity contribution in [3.63, 3.8) is 0 Å². The first-order valence-electron chi connectivity index (χ1n) is 24.3. The number of nitriles is 1. The molecule has 0 atom stereocenters. The van der Waals surface area contributed by atoms with Gasteiger partial charge in [-0.15, -0.1) is 22.7 Å². The van der Waals surface area contributed by atoms with Crippen LogP contribution < -0.4 is 37.3 Å². The standard InChI is InChI=1S/C62H42B2N6O3S2/c1-39-24-34-52-50(36-39)68-62(75-52)56(66-2)60-55-54(57(40-25-29-46(71)30-26-40)70(60)64(44-20-12-6-13-21-44)45-22-14-7-15-23-45)59(49(38-65)61-67-51-37-48(73-3)33-35-53(51)74-61)69(58(55)41-27-31-47(72)32-28-41)63(42-16-8-4-9-17-42)43-18-10-5-11-19-43/h4-37,71-72H,1,3H3/b59-49-,60-56+. The summed E-state index contributed by atoms with van der Waals surface area (Å²) in [7, 11) is 1.62. The van der Waals surface area contributed by atoms with Gasteiger partial charge in [0.2, 0.25) is 5.70 Å². The molecular formula is C62H42B2N6O3S2. The van der Waals surface area contributed by atoms with Crippen LogP contribution in [0.2, 0.25) is 0 Å². The van der Waals surface area contributed by atoms with Crippen LogP contribution >= 0.6 is 22.7 Å². The van der Waals surface area contributed by atoms with E-state index in [4.69, 9.17) is 14.7 Å². The predicted octanol–water partition coefficient (Wildman–Crippen LogP) is 9.83. The monoisotopic (exact) mass is 1000 g/mol. The number of ether oxygens (including phenoxy) is 1. The van der Waals surface area contributed by atoms with Crippen LogP contribution in [0.1, 0.15) is 15.6 Å². The minimum Gasteiger partial charge on any atom is -0.508 e. The number of phenolic OH excluding ortho intramolecular Hbond substituents is 2. The Labute approximate surface area is 441 Å². The first-order valence-corrected chi connectivity index (χ1v) is 25.9. The van der Waals surface area contributed by atoms with E-state index in [-0.39, 0.29) is 11.5 Å². The first-order chi connectivity index (χ1) is 36.8. The highest BCUT2D eigenvalue weighted by molar-refractivity contribution is 7.20. The average Bonchev–Trinajstić information content (AvgIpc) is 4.35. The Morgan fingerprint density at radius 2 is 0.987 bits per heavy atom. The minimum absolute atomic E-state index is 0.0825. The van der Waals surface area contributed by atoms with Gasteiger partial charge in [-0.1, -0.05) is 149 Å². The second-order valence-corrected chi connectivity index (χ2v) is 20.3. The Hall–Kier alpha value is -9.39. The Kier molecular flexibility index (Phi) is 12.2. The molecule has 0 aliphatic carbocycles. The molecule has 0 amide bonds. The molecule has 0 aliphatic rings. The van der Waals surface area contributed by atoms with Crippen molar-refractivity contribution in [2.24, 2.45) is 0 Å². The van der Waals surface area contributed by atoms with E-state index in [1.807, 2.05) is 128 Å². The molecule has 0 unspecified atom stereocenters. The fourth-order valence-electron chi connectivity index (χ4n) is 10.4. The number of hydrogen-bond donors (Lipinski definition) is 2. The quantitative estimate of drug-likeness (QED) is 0.0986. The summed E-state index contributed by atoms with van der Waals surface area (Å²) in [6, 6.07) is 70.0. The maximum absolute atomic E-state index is 12.2. The lowest BCUT2D eigenvalue weighted by Gasteiger charge is -2.24. The SMILES string of the molecule is [C-]#[N+]/C(c1nc2cc(C)ccc2s1)=c1\c2c(-c3ccc(O)cc3)n(B(c3ccccc3)c3ccccc3)/c(=C(/C#N)c3nc4cc(OC)ccc4s3)c2c(-c2ccc(O)cc2)n1B(c1ccccc1)c1ccccc1. The number of aromatic nitrogens is 4. The zero-order chi connectivity index (χ0) is 51.2. The van der Waals surface area contributed by atoms with Gasteiger partial charge in [-0.2, -0.15) is 5.26 Å². The van der Waals surface area contributed by atoms with E-state index in [0.717, 1.165) is 53.5 Å². The summed E-state index contributed by atoms with van der Waals surface area (Å²) in [5.41, 5.74) is 9.75. The van der Waals surface area contributed by atoms with Gasteiger partial charge in [0.1, 0.15) is 38.9 Å². The molecule has 0 saturated heterocycles. The predicted molar refractivity (Wildman–Crippen MR) is 308 cm³/mol. The Bertz CT molecular complexity index is 4210. The number of aromatic hydroxyl groups is 2. The molecule has 356 valence electrons. The van der Waals surface area contributed by atoms with Crippen molar-refractivity contribution in [3.8, 4) is 45.8 Å². The number of fused-ring (bicyclic) bond motifs is 3. The van der Waals surface area contributed by atoms with Gasteiger partial charge < -0.3 is 23.9 Å². The Morgan fingerprint density at radius 1 is 0.560 bits per heavy atom. The van der Waals surface area contributed by atoms with E-state index in [9.17, 15) is 22.0 Å². The van der Waals surface area contributed by atoms with E-state index < -0.39 is 13.7 Å². The Balaban J connectivity index is 1.44. The number of benzene rings is 8. The zero-order valence-corrected chi connectivity index (χ0v) is 42.2. The van der Waals surface area contributed by atoms with Gasteiger partial charge in [0, 0.05) is 33.6 Å². The van der Waals surface area contributed by atoms with Crippen LogP contribution in [-0.2, 0) is 0 Å². The maximum atomic E-state index is 12.2. The van der Waals surface area contributed by atoms with Crippen molar-refractivity contribution in [3.05, 3.63) is 244 Å². The molecule has 8 aromatic carbocycles. The van der Waals surface area contributed by atoms with Crippen LogP contribution in [-0.4, -0.2) is 49.9 Å². The van der Waals surface area contributed by atoms with Gasteiger partial charge in [-0.3, -0.25) is 0 Å². The van der Waals surface area contributed by atoms with E-state index in [1.54, 1.807) is 31.4 Å². The number of rotatable bonds is 11. The van der Waals surface area contributed by atoms with E-state index in [0.29, 0.717) is 65.4 Å². The first kappa shape index (κ1) is 46.7. The maximum Gasteiger partial charge on any atom is 0.328 e. The van der Waals surface area contributed by atoms with Crippen LogP contribution in [0.4, 0.5) is 0 Å². The summed E-state index contributed by atoms with van der Waals surface area (Å²) in [6.45, 7) is 10.4. The highest BCUT2D eigenvalue weighted by Gasteiger charge is 2.37. The summed E-state index contributed by atoms with van der Waals surface area (Å²) >= 11 is 2.89. The summed E-state index contributed by atoms with van der Waals surface area (Å²) in [6.07, 6.45) is 0. The second-order valence-electron chi connectivity index (χ2n) is 18.2. The largest absolute Gasteiger partial charge is 0.508 e. The number of phenols is 2. The van der Waals surface area contributed by atoms with Crippen LogP contribution in [0.3, 0.4) is 0 Å². The molecule has 0 spiro atoms. The number of aryl methyl sites for hydroxylation is 1. The topological polar surface area (TPSA) is 113 Å². The molecule has 4 heterocycles. The average molecular weight is 1000 g/mol. The molecule has 0 saturated carbocycles. The van der Waals surface area contributed by atoms with Crippen LogP contribution in [0.25, 0.3) is 69.8 Å². The van der Waals surface area contributed by atoms with Crippen molar-refractivity contribution < 1.29 is 14.9 Å². The fourth-order valence-corrected chi connectivity index (χ4v) is 12.3. The third-order valence-corrected chi connectivity index (χ3v) is 15.8. The molecule has 0 aliphatic heterocycles. The minimum atomic E-state index is -0.578. The molecule has 13 heteroatoms. The van der Waals surface area contributed by atoms with Crippen LogP contribution in [0.15, 0.2) is 206 Å². The van der Waals surface area contributed by atoms with Crippen molar-refractivity contribution in [1.82, 2.24) is 18.9 Å². The van der Waals surface area contributed by atoms with E-state index in [1.165, 1.54) is 22.7 Å². The number of nitrogens with zero attached hydrogens (tertiary/aromatic N) is 6. The van der Waals surface area contributed by atoms with Crippen LogP contribution in [0, 0.1) is 24.8 Å². The van der Waals surface area contributed by atoms with Crippen LogP contribution in [0.5, 0.6) is 17.2 Å². The lowest BCUT2D eigenvalue weighted by molar-refractivity contribution is 0.415. The van der Waals surface area contributed by atoms with Crippen molar-refractivity contribution >= 4 is 101 Å². The lowest BCUT2D eigenvalue weighted by atomic mass is 9.50. The highest BCUT2D eigenvalue weighted by atomic mass is 32.1. The van der Waals surface area contributed by atoms with E-state index in [2.05, 4.69) is 80.5 Å². The number of hydrogen-bond acceptors (Lipinski definition) is 8. The smallest absolute Gasteiger partial charge is 0.328 e.